The highest BCUT2D eigenvalue weighted by atomic mass is 16.2. The van der Waals surface area contributed by atoms with E-state index < -0.39 is 0 Å². The highest BCUT2D eigenvalue weighted by Gasteiger charge is 2.25. The number of hydrogen-bond acceptors (Lipinski definition) is 3. The van der Waals surface area contributed by atoms with E-state index in [9.17, 15) is 9.59 Å². The summed E-state index contributed by atoms with van der Waals surface area (Å²) in [6, 6.07) is 3.78. The van der Waals surface area contributed by atoms with Crippen LogP contribution < -0.4 is 0 Å². The largest absolute Gasteiger partial charge is 0.278 e. The molecule has 1 fully saturated rings. The number of nitrogens with zero attached hydrogens (tertiary/aromatic N) is 2. The number of aromatic nitrogens is 1. The molecule has 1 aliphatic heterocycles. The average molecular weight is 218 g/mol. The van der Waals surface area contributed by atoms with E-state index in [1.165, 1.54) is 4.90 Å². The van der Waals surface area contributed by atoms with E-state index in [2.05, 4.69) is 4.98 Å². The molecule has 0 aliphatic carbocycles. The van der Waals surface area contributed by atoms with Crippen molar-refractivity contribution in [3.05, 3.63) is 29.6 Å². The normalized spacial score (nSPS) is 16.7. The van der Waals surface area contributed by atoms with Gasteiger partial charge in [0.2, 0.25) is 11.8 Å². The van der Waals surface area contributed by atoms with Crippen LogP contribution in [0.2, 0.25) is 0 Å². The third-order valence-corrected chi connectivity index (χ3v) is 2.70. The summed E-state index contributed by atoms with van der Waals surface area (Å²) in [5, 5.41) is 0. The van der Waals surface area contributed by atoms with Gasteiger partial charge < -0.3 is 0 Å². The van der Waals surface area contributed by atoms with Crippen LogP contribution in [0.1, 0.15) is 30.5 Å². The zero-order valence-electron chi connectivity index (χ0n) is 9.27. The van der Waals surface area contributed by atoms with Gasteiger partial charge in [0, 0.05) is 24.7 Å². The highest BCUT2D eigenvalue weighted by molar-refractivity contribution is 5.97. The Hall–Kier alpha value is -1.71. The lowest BCUT2D eigenvalue weighted by atomic mass is 10.1. The second-order valence-corrected chi connectivity index (χ2v) is 4.04. The number of amides is 2. The fourth-order valence-corrected chi connectivity index (χ4v) is 1.75. The molecule has 1 aliphatic rings. The van der Waals surface area contributed by atoms with Crippen molar-refractivity contribution < 1.29 is 9.59 Å². The molecule has 84 valence electrons. The Morgan fingerprint density at radius 1 is 1.25 bits per heavy atom. The number of imide groups is 1. The van der Waals surface area contributed by atoms with Gasteiger partial charge in [0.25, 0.3) is 0 Å². The van der Waals surface area contributed by atoms with Crippen LogP contribution in [0.4, 0.5) is 0 Å². The topological polar surface area (TPSA) is 50.3 Å². The minimum absolute atomic E-state index is 0.0724. The summed E-state index contributed by atoms with van der Waals surface area (Å²) >= 11 is 0. The van der Waals surface area contributed by atoms with Gasteiger partial charge in [0.15, 0.2) is 0 Å². The summed E-state index contributed by atoms with van der Waals surface area (Å²) in [6.07, 6.45) is 3.35. The van der Waals surface area contributed by atoms with E-state index in [1.54, 1.807) is 6.20 Å². The van der Waals surface area contributed by atoms with E-state index in [-0.39, 0.29) is 11.8 Å². The van der Waals surface area contributed by atoms with Gasteiger partial charge in [-0.2, -0.15) is 0 Å². The van der Waals surface area contributed by atoms with Crippen molar-refractivity contribution in [3.8, 4) is 0 Å². The Bertz CT molecular complexity index is 396. The van der Waals surface area contributed by atoms with E-state index >= 15 is 0 Å². The average Bonchev–Trinajstić information content (AvgIpc) is 2.26. The van der Waals surface area contributed by atoms with Crippen molar-refractivity contribution in [2.24, 2.45) is 0 Å². The van der Waals surface area contributed by atoms with Gasteiger partial charge in [-0.05, 0) is 25.0 Å². The molecule has 0 aromatic carbocycles. The molecule has 0 radical (unpaired) electrons. The molecule has 1 aromatic rings. The smallest absolute Gasteiger partial charge is 0.229 e. The maximum Gasteiger partial charge on any atom is 0.229 e. The van der Waals surface area contributed by atoms with Gasteiger partial charge in [-0.15, -0.1) is 0 Å². The van der Waals surface area contributed by atoms with Crippen LogP contribution >= 0.6 is 0 Å². The van der Waals surface area contributed by atoms with Gasteiger partial charge in [-0.1, -0.05) is 6.07 Å². The lowest BCUT2D eigenvalue weighted by molar-refractivity contribution is -0.148. The molecule has 1 aromatic heterocycles. The third kappa shape index (κ3) is 2.27. The molecule has 16 heavy (non-hydrogen) atoms. The molecule has 0 unspecified atom stereocenters. The Balaban J connectivity index is 2.10. The predicted molar refractivity (Wildman–Crippen MR) is 58.4 cm³/mol. The highest BCUT2D eigenvalue weighted by Crippen LogP contribution is 2.15. The fourth-order valence-electron chi connectivity index (χ4n) is 1.75. The molecule has 0 atom stereocenters. The molecule has 4 nitrogen and oxygen atoms in total. The van der Waals surface area contributed by atoms with Crippen molar-refractivity contribution in [1.29, 1.82) is 0 Å². The van der Waals surface area contributed by atoms with E-state index in [0.29, 0.717) is 25.8 Å². The van der Waals surface area contributed by atoms with Gasteiger partial charge in [-0.3, -0.25) is 19.5 Å². The summed E-state index contributed by atoms with van der Waals surface area (Å²) in [7, 11) is 0. The first-order valence-electron chi connectivity index (χ1n) is 5.41. The van der Waals surface area contributed by atoms with Crippen LogP contribution in [-0.4, -0.2) is 21.7 Å². The number of hydrogen-bond donors (Lipinski definition) is 0. The van der Waals surface area contributed by atoms with Crippen molar-refractivity contribution >= 4 is 11.8 Å². The molecule has 0 saturated carbocycles. The molecular formula is C12H14N2O2. The van der Waals surface area contributed by atoms with Crippen LogP contribution in [0.25, 0.3) is 0 Å². The number of piperidine rings is 1. The van der Waals surface area contributed by atoms with Crippen molar-refractivity contribution in [1.82, 2.24) is 9.88 Å². The Morgan fingerprint density at radius 2 is 1.94 bits per heavy atom. The first-order chi connectivity index (χ1) is 7.66. The van der Waals surface area contributed by atoms with Gasteiger partial charge in [0.1, 0.15) is 0 Å². The molecular weight excluding hydrogens is 204 g/mol. The maximum absolute atomic E-state index is 11.6. The van der Waals surface area contributed by atoms with Crippen molar-refractivity contribution in [2.75, 3.05) is 0 Å². The summed E-state index contributed by atoms with van der Waals surface area (Å²) in [4.78, 5) is 28.6. The van der Waals surface area contributed by atoms with E-state index in [4.69, 9.17) is 0 Å². The minimum atomic E-state index is -0.0724. The molecule has 1 saturated heterocycles. The number of aryl methyl sites for hydroxylation is 1. The lowest BCUT2D eigenvalue weighted by Gasteiger charge is -2.24. The summed E-state index contributed by atoms with van der Waals surface area (Å²) in [5.41, 5.74) is 1.83. The molecule has 2 heterocycles. The fraction of sp³-hybridized carbons (Fsp3) is 0.417. The van der Waals surface area contributed by atoms with Crippen LogP contribution in [-0.2, 0) is 16.1 Å². The van der Waals surface area contributed by atoms with Crippen LogP contribution in [0.5, 0.6) is 0 Å². The van der Waals surface area contributed by atoms with Gasteiger partial charge in [0.05, 0.1) is 6.54 Å². The predicted octanol–water partition coefficient (Wildman–Crippen LogP) is 1.43. The molecule has 2 rings (SSSR count). The van der Waals surface area contributed by atoms with Gasteiger partial charge >= 0.3 is 0 Å². The summed E-state index contributed by atoms with van der Waals surface area (Å²) < 4.78 is 0. The number of carbonyl (C=O) groups is 2. The number of rotatable bonds is 2. The molecule has 4 heteroatoms. The Kier molecular flexibility index (Phi) is 2.99. The monoisotopic (exact) mass is 218 g/mol. The first-order valence-corrected chi connectivity index (χ1v) is 5.41. The maximum atomic E-state index is 11.6. The summed E-state index contributed by atoms with van der Waals surface area (Å²) in [5.74, 6) is -0.145. The number of likely N-dealkylation sites (tertiary alicyclic amines) is 1. The number of carbonyl (C=O) groups excluding carboxylic acids is 2. The van der Waals surface area contributed by atoms with Gasteiger partial charge in [-0.25, -0.2) is 0 Å². The molecule has 0 spiro atoms. The standard InChI is InChI=1S/C12H14N2O2/c1-9-5-6-10(7-13-9)8-14-11(15)3-2-4-12(14)16/h5-7H,2-4,8H2,1H3. The Labute approximate surface area is 94.3 Å². The van der Waals surface area contributed by atoms with Crippen LogP contribution in [0, 0.1) is 6.92 Å². The second kappa shape index (κ2) is 4.43. The zero-order valence-corrected chi connectivity index (χ0v) is 9.27. The molecule has 0 N–H and O–H groups in total. The zero-order chi connectivity index (χ0) is 11.5. The summed E-state index contributed by atoms with van der Waals surface area (Å²) in [6.45, 7) is 2.26. The second-order valence-electron chi connectivity index (χ2n) is 4.04. The number of pyridine rings is 1. The van der Waals surface area contributed by atoms with Crippen LogP contribution in [0.15, 0.2) is 18.3 Å². The SMILES string of the molecule is Cc1ccc(CN2C(=O)CCCC2=O)cn1. The van der Waals surface area contributed by atoms with E-state index in [0.717, 1.165) is 11.3 Å². The first kappa shape index (κ1) is 10.8. The van der Waals surface area contributed by atoms with Crippen molar-refractivity contribution in [2.45, 2.75) is 32.7 Å². The Morgan fingerprint density at radius 3 is 2.50 bits per heavy atom. The molecule has 2 amide bonds. The van der Waals surface area contributed by atoms with Crippen molar-refractivity contribution in [3.63, 3.8) is 0 Å². The molecule has 0 bridgehead atoms. The minimum Gasteiger partial charge on any atom is -0.278 e. The van der Waals surface area contributed by atoms with Crippen LogP contribution in [0.3, 0.4) is 0 Å². The lowest BCUT2D eigenvalue weighted by Crippen LogP contribution is -2.39. The van der Waals surface area contributed by atoms with E-state index in [1.807, 2.05) is 19.1 Å². The third-order valence-electron chi connectivity index (χ3n) is 2.70. The quantitative estimate of drug-likeness (QED) is 0.705.